The molecule has 0 amide bonds. The molecule has 0 fully saturated rings. The second-order valence-corrected chi connectivity index (χ2v) is 6.78. The quantitative estimate of drug-likeness (QED) is 0.590. The van der Waals surface area contributed by atoms with Gasteiger partial charge in [0.25, 0.3) is 0 Å². The molecule has 0 aliphatic rings. The molecule has 4 nitrogen and oxygen atoms in total. The van der Waals surface area contributed by atoms with E-state index < -0.39 is 5.97 Å². The second-order valence-electron chi connectivity index (χ2n) is 5.92. The zero-order chi connectivity index (χ0) is 18.5. The molecule has 1 heterocycles. The van der Waals surface area contributed by atoms with Gasteiger partial charge >= 0.3 is 5.97 Å². The predicted octanol–water partition coefficient (Wildman–Crippen LogP) is 4.69. The zero-order valence-electron chi connectivity index (χ0n) is 14.5. The van der Waals surface area contributed by atoms with Crippen LogP contribution in [-0.4, -0.2) is 17.6 Å². The lowest BCUT2D eigenvalue weighted by atomic mass is 10.1. The number of carbonyl (C=O) groups is 1. The number of hydrogen-bond acceptors (Lipinski definition) is 5. The molecule has 0 radical (unpaired) electrons. The summed E-state index contributed by atoms with van der Waals surface area (Å²) in [5, 5.41) is 2.57. The summed E-state index contributed by atoms with van der Waals surface area (Å²) in [5.41, 5.74) is 3.62. The number of aryl methyl sites for hydroxylation is 2. The van der Waals surface area contributed by atoms with Crippen molar-refractivity contribution in [2.75, 3.05) is 6.61 Å². The van der Waals surface area contributed by atoms with Gasteiger partial charge in [-0.05, 0) is 61.4 Å². The summed E-state index contributed by atoms with van der Waals surface area (Å²) in [4.78, 5) is 16.3. The van der Waals surface area contributed by atoms with Crippen molar-refractivity contribution < 1.29 is 18.7 Å². The van der Waals surface area contributed by atoms with Crippen LogP contribution in [0.15, 0.2) is 47.8 Å². The van der Waals surface area contributed by atoms with Crippen LogP contribution in [0.4, 0.5) is 4.39 Å². The predicted molar refractivity (Wildman–Crippen MR) is 98.7 cm³/mol. The molecular formula is C20H18FNO3S. The van der Waals surface area contributed by atoms with Crippen LogP contribution in [0, 0.1) is 19.7 Å². The van der Waals surface area contributed by atoms with E-state index in [-0.39, 0.29) is 19.0 Å². The van der Waals surface area contributed by atoms with E-state index >= 15 is 0 Å². The van der Waals surface area contributed by atoms with Crippen molar-refractivity contribution in [2.45, 2.75) is 20.5 Å². The number of nitrogens with zero attached hydrogens (tertiary/aromatic N) is 1. The van der Waals surface area contributed by atoms with E-state index in [2.05, 4.69) is 4.98 Å². The highest BCUT2D eigenvalue weighted by Crippen LogP contribution is 2.24. The number of halogens is 1. The first-order valence-corrected chi connectivity index (χ1v) is 8.94. The van der Waals surface area contributed by atoms with Crippen molar-refractivity contribution in [3.05, 3.63) is 70.5 Å². The van der Waals surface area contributed by atoms with Gasteiger partial charge in [-0.2, -0.15) is 0 Å². The lowest BCUT2D eigenvalue weighted by Gasteiger charge is -2.08. The van der Waals surface area contributed by atoms with Crippen molar-refractivity contribution in [2.24, 2.45) is 0 Å². The van der Waals surface area contributed by atoms with Gasteiger partial charge in [0.1, 0.15) is 23.2 Å². The molecule has 26 heavy (non-hydrogen) atoms. The molecule has 0 aliphatic carbocycles. The fraction of sp³-hybridized carbons (Fsp3) is 0.200. The van der Waals surface area contributed by atoms with Crippen LogP contribution in [0.2, 0.25) is 0 Å². The molecule has 0 atom stereocenters. The van der Waals surface area contributed by atoms with Crippen LogP contribution < -0.4 is 4.74 Å². The van der Waals surface area contributed by atoms with Crippen molar-refractivity contribution >= 4 is 17.3 Å². The van der Waals surface area contributed by atoms with E-state index in [0.29, 0.717) is 11.4 Å². The fourth-order valence-electron chi connectivity index (χ4n) is 2.45. The fourth-order valence-corrected chi connectivity index (χ4v) is 3.26. The van der Waals surface area contributed by atoms with E-state index in [0.717, 1.165) is 21.7 Å². The Labute approximate surface area is 155 Å². The highest BCUT2D eigenvalue weighted by molar-refractivity contribution is 7.13. The number of ether oxygens (including phenoxy) is 2. The monoisotopic (exact) mass is 371 g/mol. The van der Waals surface area contributed by atoms with Crippen LogP contribution in [0.3, 0.4) is 0 Å². The average molecular weight is 371 g/mol. The Kier molecular flexibility index (Phi) is 5.63. The molecule has 6 heteroatoms. The lowest BCUT2D eigenvalue weighted by molar-refractivity contribution is -0.147. The molecule has 3 aromatic rings. The zero-order valence-corrected chi connectivity index (χ0v) is 15.3. The molecule has 0 unspecified atom stereocenters. The molecule has 0 bridgehead atoms. The van der Waals surface area contributed by atoms with Gasteiger partial charge in [-0.3, -0.25) is 0 Å². The van der Waals surface area contributed by atoms with Gasteiger partial charge in [-0.25, -0.2) is 14.2 Å². The Hall–Kier alpha value is -2.73. The van der Waals surface area contributed by atoms with Gasteiger partial charge in [0.05, 0.1) is 5.69 Å². The largest absolute Gasteiger partial charge is 0.482 e. The Morgan fingerprint density at radius 1 is 1.12 bits per heavy atom. The summed E-state index contributed by atoms with van der Waals surface area (Å²) >= 11 is 1.42. The summed E-state index contributed by atoms with van der Waals surface area (Å²) in [7, 11) is 0. The minimum atomic E-state index is -0.458. The summed E-state index contributed by atoms with van der Waals surface area (Å²) in [6.07, 6.45) is 0. The third-order valence-electron chi connectivity index (χ3n) is 3.58. The Balaban J connectivity index is 1.51. The number of hydrogen-bond donors (Lipinski definition) is 0. The number of aromatic nitrogens is 1. The standard InChI is InChI=1S/C20H18FNO3S/c1-13-7-14(2)9-18(8-13)24-11-19(23)25-10-17-12-26-20(22-17)15-3-5-16(21)6-4-15/h3-9,12H,10-11H2,1-2H3. The van der Waals surface area contributed by atoms with Crippen LogP contribution in [0.1, 0.15) is 16.8 Å². The van der Waals surface area contributed by atoms with Gasteiger partial charge < -0.3 is 9.47 Å². The maximum atomic E-state index is 13.0. The molecular weight excluding hydrogens is 353 g/mol. The Bertz CT molecular complexity index is 885. The van der Waals surface area contributed by atoms with Crippen molar-refractivity contribution in [1.82, 2.24) is 4.98 Å². The van der Waals surface area contributed by atoms with E-state index in [1.54, 1.807) is 12.1 Å². The third-order valence-corrected chi connectivity index (χ3v) is 4.52. The molecule has 2 aromatic carbocycles. The normalized spacial score (nSPS) is 10.6. The van der Waals surface area contributed by atoms with Gasteiger partial charge in [0.15, 0.2) is 6.61 Å². The smallest absolute Gasteiger partial charge is 0.344 e. The summed E-state index contributed by atoms with van der Waals surface area (Å²) < 4.78 is 23.6. The van der Waals surface area contributed by atoms with E-state index in [1.165, 1.54) is 23.5 Å². The second kappa shape index (κ2) is 8.10. The minimum Gasteiger partial charge on any atom is -0.482 e. The molecule has 0 aliphatic heterocycles. The van der Waals surface area contributed by atoms with Crippen molar-refractivity contribution in [3.63, 3.8) is 0 Å². The topological polar surface area (TPSA) is 48.4 Å². The van der Waals surface area contributed by atoms with Crippen molar-refractivity contribution in [3.8, 4) is 16.3 Å². The number of rotatable bonds is 6. The number of thiazole rings is 1. The van der Waals surface area contributed by atoms with Gasteiger partial charge in [0, 0.05) is 10.9 Å². The van der Waals surface area contributed by atoms with Crippen molar-refractivity contribution in [1.29, 1.82) is 0 Å². The first-order chi connectivity index (χ1) is 12.5. The Morgan fingerprint density at radius 2 is 1.81 bits per heavy atom. The van der Waals surface area contributed by atoms with E-state index in [4.69, 9.17) is 9.47 Å². The van der Waals surface area contributed by atoms with Crippen LogP contribution in [0.5, 0.6) is 5.75 Å². The molecule has 0 saturated carbocycles. The molecule has 0 saturated heterocycles. The number of carbonyl (C=O) groups excluding carboxylic acids is 1. The minimum absolute atomic E-state index is 0.0761. The Morgan fingerprint density at radius 3 is 2.50 bits per heavy atom. The lowest BCUT2D eigenvalue weighted by Crippen LogP contribution is -2.15. The average Bonchev–Trinajstić information content (AvgIpc) is 3.07. The first-order valence-electron chi connectivity index (χ1n) is 8.06. The van der Waals surface area contributed by atoms with Crippen LogP contribution >= 0.6 is 11.3 Å². The van der Waals surface area contributed by atoms with E-state index in [1.807, 2.05) is 37.4 Å². The molecule has 1 aromatic heterocycles. The summed E-state index contributed by atoms with van der Waals surface area (Å²) in [6.45, 7) is 3.86. The molecule has 0 N–H and O–H groups in total. The molecule has 3 rings (SSSR count). The number of benzene rings is 2. The number of esters is 1. The molecule has 134 valence electrons. The first kappa shape index (κ1) is 18.1. The van der Waals surface area contributed by atoms with Gasteiger partial charge in [-0.1, -0.05) is 6.07 Å². The summed E-state index contributed by atoms with van der Waals surface area (Å²) in [5.74, 6) is -0.101. The van der Waals surface area contributed by atoms with Gasteiger partial charge in [-0.15, -0.1) is 11.3 Å². The maximum absolute atomic E-state index is 13.0. The summed E-state index contributed by atoms with van der Waals surface area (Å²) in [6, 6.07) is 11.9. The van der Waals surface area contributed by atoms with Gasteiger partial charge in [0.2, 0.25) is 0 Å². The highest BCUT2D eigenvalue weighted by Gasteiger charge is 2.09. The van der Waals surface area contributed by atoms with E-state index in [9.17, 15) is 9.18 Å². The van der Waals surface area contributed by atoms with Crippen LogP contribution in [-0.2, 0) is 16.1 Å². The maximum Gasteiger partial charge on any atom is 0.344 e. The highest BCUT2D eigenvalue weighted by atomic mass is 32.1. The molecule has 0 spiro atoms. The third kappa shape index (κ3) is 4.89. The van der Waals surface area contributed by atoms with Crippen LogP contribution in [0.25, 0.3) is 10.6 Å². The SMILES string of the molecule is Cc1cc(C)cc(OCC(=O)OCc2csc(-c3ccc(F)cc3)n2)c1.